The highest BCUT2D eigenvalue weighted by molar-refractivity contribution is 6.30. The van der Waals surface area contributed by atoms with Gasteiger partial charge in [-0.25, -0.2) is 0 Å². The van der Waals surface area contributed by atoms with Gasteiger partial charge < -0.3 is 9.64 Å². The summed E-state index contributed by atoms with van der Waals surface area (Å²) in [5.41, 5.74) is 1.31. The van der Waals surface area contributed by atoms with Crippen LogP contribution in [-0.2, 0) is 14.9 Å². The van der Waals surface area contributed by atoms with Crippen LogP contribution >= 0.6 is 11.6 Å². The Balaban J connectivity index is 1.74. The van der Waals surface area contributed by atoms with Gasteiger partial charge >= 0.3 is 0 Å². The molecule has 2 aliphatic rings. The zero-order valence-corrected chi connectivity index (χ0v) is 17.3. The van der Waals surface area contributed by atoms with Crippen LogP contribution < -0.4 is 0 Å². The summed E-state index contributed by atoms with van der Waals surface area (Å²) < 4.78 is 5.85. The van der Waals surface area contributed by atoms with E-state index < -0.39 is 0 Å². The molecule has 26 heavy (non-hydrogen) atoms. The van der Waals surface area contributed by atoms with Crippen molar-refractivity contribution >= 4 is 17.5 Å². The van der Waals surface area contributed by atoms with Crippen molar-refractivity contribution < 1.29 is 9.53 Å². The predicted octanol–water partition coefficient (Wildman–Crippen LogP) is 5.20. The molecule has 3 rings (SSSR count). The molecular formula is C22H32ClNO2. The van der Waals surface area contributed by atoms with Crippen molar-refractivity contribution in [1.29, 1.82) is 0 Å². The van der Waals surface area contributed by atoms with E-state index >= 15 is 0 Å². The summed E-state index contributed by atoms with van der Waals surface area (Å²) in [4.78, 5) is 14.5. The lowest BCUT2D eigenvalue weighted by molar-refractivity contribution is -0.138. The molecule has 0 N–H and O–H groups in total. The zero-order valence-electron chi connectivity index (χ0n) is 16.6. The second kappa shape index (κ2) is 7.52. The summed E-state index contributed by atoms with van der Waals surface area (Å²) in [5.74, 6) is 0.894. The van der Waals surface area contributed by atoms with E-state index in [2.05, 4.69) is 37.8 Å². The van der Waals surface area contributed by atoms with Gasteiger partial charge in [0.2, 0.25) is 5.91 Å². The highest BCUT2D eigenvalue weighted by Gasteiger charge is 2.43. The average molecular weight is 378 g/mol. The third-order valence-electron chi connectivity index (χ3n) is 6.37. The van der Waals surface area contributed by atoms with Gasteiger partial charge in [0, 0.05) is 31.1 Å². The molecule has 1 aliphatic carbocycles. The molecule has 3 nitrogen and oxygen atoms in total. The van der Waals surface area contributed by atoms with E-state index in [4.69, 9.17) is 16.3 Å². The van der Waals surface area contributed by atoms with Crippen molar-refractivity contribution in [1.82, 2.24) is 4.90 Å². The maximum atomic E-state index is 12.4. The van der Waals surface area contributed by atoms with Gasteiger partial charge in [-0.1, -0.05) is 30.7 Å². The van der Waals surface area contributed by atoms with Crippen LogP contribution in [0.5, 0.6) is 0 Å². The smallest absolute Gasteiger partial charge is 0.219 e. The zero-order chi connectivity index (χ0) is 18.9. The van der Waals surface area contributed by atoms with Crippen LogP contribution in [0, 0.1) is 5.92 Å². The fourth-order valence-corrected chi connectivity index (χ4v) is 4.68. The molecule has 1 aromatic carbocycles. The normalized spacial score (nSPS) is 24.7. The van der Waals surface area contributed by atoms with E-state index in [0.717, 1.165) is 37.4 Å². The van der Waals surface area contributed by atoms with E-state index in [-0.39, 0.29) is 23.0 Å². The topological polar surface area (TPSA) is 29.5 Å². The second-order valence-corrected chi connectivity index (χ2v) is 9.35. The van der Waals surface area contributed by atoms with Crippen LogP contribution in [0.25, 0.3) is 0 Å². The lowest BCUT2D eigenvalue weighted by Crippen LogP contribution is -2.49. The molecule has 0 radical (unpaired) electrons. The highest BCUT2D eigenvalue weighted by atomic mass is 35.5. The molecule has 4 heteroatoms. The minimum atomic E-state index is -0.146. The first-order valence-electron chi connectivity index (χ1n) is 9.88. The van der Waals surface area contributed by atoms with E-state index in [1.54, 1.807) is 6.92 Å². The van der Waals surface area contributed by atoms with Gasteiger partial charge in [0.25, 0.3) is 0 Å². The molecule has 1 aliphatic heterocycles. The number of ether oxygens (including phenoxy) is 1. The molecule has 1 amide bonds. The van der Waals surface area contributed by atoms with Crippen molar-refractivity contribution in [2.24, 2.45) is 5.92 Å². The Bertz CT molecular complexity index is 638. The molecule has 2 fully saturated rings. The Morgan fingerprint density at radius 3 is 2.46 bits per heavy atom. The third kappa shape index (κ3) is 4.43. The fourth-order valence-electron chi connectivity index (χ4n) is 4.55. The summed E-state index contributed by atoms with van der Waals surface area (Å²) in [5, 5.41) is 0.779. The van der Waals surface area contributed by atoms with Gasteiger partial charge in [-0.2, -0.15) is 0 Å². The van der Waals surface area contributed by atoms with Crippen LogP contribution in [0.15, 0.2) is 24.3 Å². The van der Waals surface area contributed by atoms with Crippen molar-refractivity contribution in [3.8, 4) is 0 Å². The van der Waals surface area contributed by atoms with Gasteiger partial charge in [-0.3, -0.25) is 4.79 Å². The molecule has 2 atom stereocenters. The maximum Gasteiger partial charge on any atom is 0.219 e. The number of amides is 1. The molecule has 0 spiro atoms. The highest BCUT2D eigenvalue weighted by Crippen LogP contribution is 2.49. The number of hydrogen-bond acceptors (Lipinski definition) is 2. The summed E-state index contributed by atoms with van der Waals surface area (Å²) >= 11 is 6.09. The Morgan fingerprint density at radius 2 is 1.92 bits per heavy atom. The Hall–Kier alpha value is -1.06. The average Bonchev–Trinajstić information content (AvgIpc) is 3.39. The van der Waals surface area contributed by atoms with Gasteiger partial charge in [0.15, 0.2) is 0 Å². The van der Waals surface area contributed by atoms with Gasteiger partial charge in [0.1, 0.15) is 0 Å². The standard InChI is InChI=1S/C22H32ClNO2/c1-16(25)24(20-11-14-26-21(2,3)15-20)13-12-22(4,17-5-6-17)18-7-9-19(23)10-8-18/h7-10,17,20H,5-6,11-15H2,1-4H3/t20-,22+/m1/s1. The van der Waals surface area contributed by atoms with Crippen molar-refractivity contribution in [2.75, 3.05) is 13.2 Å². The number of carbonyl (C=O) groups excluding carboxylic acids is 1. The van der Waals surface area contributed by atoms with Gasteiger partial charge in [0.05, 0.1) is 5.60 Å². The summed E-state index contributed by atoms with van der Waals surface area (Å²) in [6.07, 6.45) is 5.40. The monoisotopic (exact) mass is 377 g/mol. The third-order valence-corrected chi connectivity index (χ3v) is 6.62. The SMILES string of the molecule is CC(=O)N(CC[C@](C)(c1ccc(Cl)cc1)C1CC1)[C@@H]1CCOC(C)(C)C1. The Kier molecular flexibility index (Phi) is 5.69. The molecule has 144 valence electrons. The van der Waals surface area contributed by atoms with Crippen LogP contribution in [0.1, 0.15) is 65.4 Å². The largest absolute Gasteiger partial charge is 0.375 e. The van der Waals surface area contributed by atoms with Crippen LogP contribution in [-0.4, -0.2) is 35.6 Å². The lowest BCUT2D eigenvalue weighted by atomic mass is 9.75. The van der Waals surface area contributed by atoms with E-state index in [1.165, 1.54) is 18.4 Å². The second-order valence-electron chi connectivity index (χ2n) is 8.92. The van der Waals surface area contributed by atoms with Crippen molar-refractivity contribution in [2.45, 2.75) is 76.9 Å². The van der Waals surface area contributed by atoms with Crippen molar-refractivity contribution in [3.05, 3.63) is 34.9 Å². The minimum Gasteiger partial charge on any atom is -0.375 e. The van der Waals surface area contributed by atoms with E-state index in [9.17, 15) is 4.79 Å². The predicted molar refractivity (Wildman–Crippen MR) is 107 cm³/mol. The lowest BCUT2D eigenvalue weighted by Gasteiger charge is -2.42. The first-order chi connectivity index (χ1) is 12.2. The fraction of sp³-hybridized carbons (Fsp3) is 0.682. The summed E-state index contributed by atoms with van der Waals surface area (Å²) in [6.45, 7) is 9.86. The number of hydrogen-bond donors (Lipinski definition) is 0. The Morgan fingerprint density at radius 1 is 1.27 bits per heavy atom. The van der Waals surface area contributed by atoms with Gasteiger partial charge in [-0.05, 0) is 75.0 Å². The number of halogens is 1. The maximum absolute atomic E-state index is 12.4. The molecule has 1 saturated carbocycles. The van der Waals surface area contributed by atoms with Gasteiger partial charge in [-0.15, -0.1) is 0 Å². The van der Waals surface area contributed by atoms with E-state index in [0.29, 0.717) is 5.92 Å². The molecule has 1 aromatic rings. The quantitative estimate of drug-likeness (QED) is 0.681. The number of rotatable bonds is 6. The Labute approximate surface area is 163 Å². The number of carbonyl (C=O) groups is 1. The summed E-state index contributed by atoms with van der Waals surface area (Å²) in [6, 6.07) is 8.58. The molecular weight excluding hydrogens is 346 g/mol. The van der Waals surface area contributed by atoms with Crippen LogP contribution in [0.4, 0.5) is 0 Å². The first-order valence-corrected chi connectivity index (χ1v) is 10.3. The molecule has 0 unspecified atom stereocenters. The van der Waals surface area contributed by atoms with Crippen LogP contribution in [0.2, 0.25) is 5.02 Å². The molecule has 0 aromatic heterocycles. The number of nitrogens with zero attached hydrogens (tertiary/aromatic N) is 1. The summed E-state index contributed by atoms with van der Waals surface area (Å²) in [7, 11) is 0. The first kappa shape index (κ1) is 19.7. The molecule has 1 saturated heterocycles. The minimum absolute atomic E-state index is 0.110. The molecule has 1 heterocycles. The van der Waals surface area contributed by atoms with Crippen molar-refractivity contribution in [3.63, 3.8) is 0 Å². The van der Waals surface area contributed by atoms with Crippen LogP contribution in [0.3, 0.4) is 0 Å². The number of benzene rings is 1. The van der Waals surface area contributed by atoms with E-state index in [1.807, 2.05) is 12.1 Å². The molecule has 0 bridgehead atoms.